The number of carbonyl (C=O) groups excluding carboxylic acids is 3. The van der Waals surface area contributed by atoms with Gasteiger partial charge in [0.15, 0.2) is 0 Å². The highest BCUT2D eigenvalue weighted by Crippen LogP contribution is 2.09. The molecule has 0 aliphatic carbocycles. The van der Waals surface area contributed by atoms with E-state index >= 15 is 0 Å². The lowest BCUT2D eigenvalue weighted by atomic mass is 10.1. The number of alkyl carbamates (subject to hydrolysis) is 2. The fourth-order valence-corrected chi connectivity index (χ4v) is 2.31. The molecule has 0 saturated carbocycles. The Morgan fingerprint density at radius 2 is 1.39 bits per heavy atom. The zero-order valence-electron chi connectivity index (χ0n) is 20.1. The molecule has 0 bridgehead atoms. The summed E-state index contributed by atoms with van der Waals surface area (Å²) in [6.07, 6.45) is 0.483. The second-order valence-electron chi connectivity index (χ2n) is 9.02. The Bertz CT molecular complexity index is 542. The van der Waals surface area contributed by atoms with Crippen molar-refractivity contribution >= 4 is 18.1 Å². The normalized spacial score (nSPS) is 12.6. The van der Waals surface area contributed by atoms with Gasteiger partial charge in [0, 0.05) is 20.2 Å². The molecule has 182 valence electrons. The van der Waals surface area contributed by atoms with Gasteiger partial charge >= 0.3 is 12.2 Å². The van der Waals surface area contributed by atoms with Gasteiger partial charge < -0.3 is 34.9 Å². The van der Waals surface area contributed by atoms with Crippen molar-refractivity contribution in [2.24, 2.45) is 0 Å². The highest BCUT2D eigenvalue weighted by atomic mass is 16.6. The van der Waals surface area contributed by atoms with Crippen LogP contribution in [0.3, 0.4) is 0 Å². The lowest BCUT2D eigenvalue weighted by molar-refractivity contribution is -0.123. The summed E-state index contributed by atoms with van der Waals surface area (Å²) < 4.78 is 20.6. The Hall–Kier alpha value is -2.07. The first kappa shape index (κ1) is 28.9. The van der Waals surface area contributed by atoms with E-state index in [4.69, 9.17) is 18.9 Å². The number of methoxy groups -OCH3 is 1. The van der Waals surface area contributed by atoms with Crippen molar-refractivity contribution in [3.05, 3.63) is 0 Å². The Balaban J connectivity index is 4.48. The maximum atomic E-state index is 12.5. The summed E-state index contributed by atoms with van der Waals surface area (Å²) in [6.45, 7) is 12.6. The van der Waals surface area contributed by atoms with Gasteiger partial charge in [0.2, 0.25) is 5.91 Å². The molecule has 0 spiro atoms. The van der Waals surface area contributed by atoms with E-state index in [1.165, 1.54) is 0 Å². The molecule has 0 aliphatic heterocycles. The molecule has 0 aliphatic rings. The highest BCUT2D eigenvalue weighted by Gasteiger charge is 2.24. The van der Waals surface area contributed by atoms with Gasteiger partial charge in [-0.05, 0) is 60.8 Å². The van der Waals surface area contributed by atoms with E-state index in [1.54, 1.807) is 48.7 Å². The number of ether oxygens (including phenoxy) is 4. The summed E-state index contributed by atoms with van der Waals surface area (Å²) in [4.78, 5) is 36.3. The van der Waals surface area contributed by atoms with E-state index in [0.717, 1.165) is 0 Å². The van der Waals surface area contributed by atoms with Crippen LogP contribution in [0, 0.1) is 0 Å². The second kappa shape index (κ2) is 14.9. The number of unbranched alkanes of at least 4 members (excludes halogenated alkanes) is 1. The van der Waals surface area contributed by atoms with Crippen molar-refractivity contribution in [2.75, 3.05) is 40.0 Å². The molecule has 10 nitrogen and oxygen atoms in total. The van der Waals surface area contributed by atoms with Crippen molar-refractivity contribution in [1.82, 2.24) is 16.0 Å². The second-order valence-corrected chi connectivity index (χ2v) is 9.02. The first-order chi connectivity index (χ1) is 14.3. The molecular formula is C21H41N3O7. The summed E-state index contributed by atoms with van der Waals surface area (Å²) in [5, 5.41) is 8.04. The molecule has 0 aromatic heterocycles. The number of carbonyl (C=O) groups is 3. The van der Waals surface area contributed by atoms with Gasteiger partial charge in [-0.1, -0.05) is 0 Å². The van der Waals surface area contributed by atoms with Gasteiger partial charge in [-0.25, -0.2) is 9.59 Å². The Morgan fingerprint density at radius 3 is 1.97 bits per heavy atom. The van der Waals surface area contributed by atoms with Crippen LogP contribution in [-0.2, 0) is 23.7 Å². The van der Waals surface area contributed by atoms with Crippen LogP contribution in [0.25, 0.3) is 0 Å². The van der Waals surface area contributed by atoms with Gasteiger partial charge in [-0.15, -0.1) is 0 Å². The molecule has 0 aromatic carbocycles. The topological polar surface area (TPSA) is 124 Å². The van der Waals surface area contributed by atoms with Gasteiger partial charge in [-0.3, -0.25) is 4.79 Å². The molecule has 31 heavy (non-hydrogen) atoms. The molecule has 3 N–H and O–H groups in total. The zero-order valence-corrected chi connectivity index (χ0v) is 20.1. The molecular weight excluding hydrogens is 406 g/mol. The molecule has 1 atom stereocenters. The molecule has 0 saturated heterocycles. The number of hydrogen-bond acceptors (Lipinski definition) is 7. The minimum absolute atomic E-state index is 0.315. The predicted octanol–water partition coefficient (Wildman–Crippen LogP) is 2.35. The Labute approximate surface area is 186 Å². The minimum Gasteiger partial charge on any atom is -0.444 e. The lowest BCUT2D eigenvalue weighted by Crippen LogP contribution is -2.48. The van der Waals surface area contributed by atoms with Gasteiger partial charge in [-0.2, -0.15) is 0 Å². The monoisotopic (exact) mass is 447 g/mol. The van der Waals surface area contributed by atoms with Crippen LogP contribution >= 0.6 is 0 Å². The van der Waals surface area contributed by atoms with Crippen LogP contribution in [0.2, 0.25) is 0 Å². The summed E-state index contributed by atoms with van der Waals surface area (Å²) >= 11 is 0. The minimum atomic E-state index is -0.754. The smallest absolute Gasteiger partial charge is 0.408 e. The van der Waals surface area contributed by atoms with E-state index in [1.807, 2.05) is 0 Å². The average Bonchev–Trinajstić information content (AvgIpc) is 2.60. The van der Waals surface area contributed by atoms with Crippen LogP contribution in [0.15, 0.2) is 0 Å². The van der Waals surface area contributed by atoms with Crippen LogP contribution in [-0.4, -0.2) is 75.4 Å². The largest absolute Gasteiger partial charge is 0.444 e. The van der Waals surface area contributed by atoms with Crippen molar-refractivity contribution in [3.63, 3.8) is 0 Å². The van der Waals surface area contributed by atoms with Crippen LogP contribution < -0.4 is 16.0 Å². The number of amides is 3. The molecule has 10 heteroatoms. The SMILES string of the molecule is COCCOCCNC(=O)C(CCCCNC(=O)OC(C)(C)C)NC(=O)OC(C)(C)C. The highest BCUT2D eigenvalue weighted by molar-refractivity contribution is 5.85. The lowest BCUT2D eigenvalue weighted by Gasteiger charge is -2.23. The van der Waals surface area contributed by atoms with E-state index in [0.29, 0.717) is 52.2 Å². The Morgan fingerprint density at radius 1 is 0.774 bits per heavy atom. The van der Waals surface area contributed by atoms with Gasteiger partial charge in [0.05, 0.1) is 19.8 Å². The number of rotatable bonds is 13. The molecule has 0 radical (unpaired) electrons. The summed E-state index contributed by atoms with van der Waals surface area (Å²) in [7, 11) is 1.58. The van der Waals surface area contributed by atoms with Crippen molar-refractivity contribution in [1.29, 1.82) is 0 Å². The molecule has 0 heterocycles. The fraction of sp³-hybridized carbons (Fsp3) is 0.857. The third-order valence-electron chi connectivity index (χ3n) is 3.57. The average molecular weight is 448 g/mol. The fourth-order valence-electron chi connectivity index (χ4n) is 2.31. The van der Waals surface area contributed by atoms with Gasteiger partial charge in [0.25, 0.3) is 0 Å². The maximum absolute atomic E-state index is 12.5. The first-order valence-corrected chi connectivity index (χ1v) is 10.6. The molecule has 3 amide bonds. The van der Waals surface area contributed by atoms with Crippen molar-refractivity contribution in [2.45, 2.75) is 78.0 Å². The van der Waals surface area contributed by atoms with Crippen molar-refractivity contribution < 1.29 is 33.3 Å². The predicted molar refractivity (Wildman–Crippen MR) is 117 cm³/mol. The molecule has 0 aromatic rings. The summed E-state index contributed by atoms with van der Waals surface area (Å²) in [6, 6.07) is -0.754. The zero-order chi connectivity index (χ0) is 23.9. The number of nitrogens with one attached hydrogen (secondary N) is 3. The standard InChI is InChI=1S/C21H41N3O7/c1-20(2,3)30-18(26)23-11-9-8-10-16(24-19(27)31-21(4,5)6)17(25)22-12-13-29-15-14-28-7/h16H,8-15H2,1-7H3,(H,22,25)(H,23,26)(H,24,27). The quantitative estimate of drug-likeness (QED) is 0.370. The molecule has 1 unspecified atom stereocenters. The first-order valence-electron chi connectivity index (χ1n) is 10.6. The molecule has 0 fully saturated rings. The summed E-state index contributed by atoms with van der Waals surface area (Å²) in [5.74, 6) is -0.318. The van der Waals surface area contributed by atoms with E-state index in [-0.39, 0.29) is 5.91 Å². The van der Waals surface area contributed by atoms with Crippen LogP contribution in [0.4, 0.5) is 9.59 Å². The maximum Gasteiger partial charge on any atom is 0.408 e. The van der Waals surface area contributed by atoms with E-state index in [2.05, 4.69) is 16.0 Å². The number of hydrogen-bond donors (Lipinski definition) is 3. The van der Waals surface area contributed by atoms with Crippen molar-refractivity contribution in [3.8, 4) is 0 Å². The molecule has 0 rings (SSSR count). The van der Waals surface area contributed by atoms with Crippen LogP contribution in [0.5, 0.6) is 0 Å². The third kappa shape index (κ3) is 18.4. The van der Waals surface area contributed by atoms with Crippen LogP contribution in [0.1, 0.15) is 60.8 Å². The summed E-state index contributed by atoms with van der Waals surface area (Å²) in [5.41, 5.74) is -1.23. The van der Waals surface area contributed by atoms with Gasteiger partial charge in [0.1, 0.15) is 17.2 Å². The third-order valence-corrected chi connectivity index (χ3v) is 3.57. The van der Waals surface area contributed by atoms with E-state index in [9.17, 15) is 14.4 Å². The Kier molecular flexibility index (Phi) is 13.9. The van der Waals surface area contributed by atoms with E-state index < -0.39 is 29.4 Å².